The zero-order valence-electron chi connectivity index (χ0n) is 21.2. The molecular formula is C27H26Cl2F3N3O4S. The number of aromatic nitrogens is 1. The van der Waals surface area contributed by atoms with Gasteiger partial charge < -0.3 is 19.1 Å². The van der Waals surface area contributed by atoms with E-state index in [0.717, 1.165) is 33.9 Å². The summed E-state index contributed by atoms with van der Waals surface area (Å²) in [5.74, 6) is -0.443. The van der Waals surface area contributed by atoms with E-state index in [9.17, 15) is 22.5 Å². The summed E-state index contributed by atoms with van der Waals surface area (Å²) >= 11 is 12.6. The molecule has 13 heteroatoms. The summed E-state index contributed by atoms with van der Waals surface area (Å²) in [6, 6.07) is 14.2. The molecule has 40 heavy (non-hydrogen) atoms. The highest BCUT2D eigenvalue weighted by atomic mass is 35.5. The Morgan fingerprint density at radius 2 is 1.65 bits per heavy atom. The lowest BCUT2D eigenvalue weighted by Gasteiger charge is -2.37. The highest BCUT2D eigenvalue weighted by Gasteiger charge is 2.37. The molecule has 1 aliphatic heterocycles. The molecule has 2 heterocycles. The molecule has 7 nitrogen and oxygen atoms in total. The van der Waals surface area contributed by atoms with Crippen molar-refractivity contribution in [1.29, 1.82) is 0 Å². The predicted molar refractivity (Wildman–Crippen MR) is 149 cm³/mol. The van der Waals surface area contributed by atoms with Gasteiger partial charge in [-0.15, -0.1) is 13.2 Å². The number of nitrogens with zero attached hydrogens (tertiary/aromatic N) is 2. The zero-order valence-corrected chi connectivity index (χ0v) is 23.5. The number of ether oxygens (including phenoxy) is 2. The van der Waals surface area contributed by atoms with Crippen molar-refractivity contribution in [3.05, 3.63) is 70.7 Å². The molecule has 4 unspecified atom stereocenters. The fourth-order valence-corrected chi connectivity index (χ4v) is 7.16. The summed E-state index contributed by atoms with van der Waals surface area (Å²) in [5.41, 5.74) is 1.62. The van der Waals surface area contributed by atoms with Crippen molar-refractivity contribution >= 4 is 54.9 Å². The lowest BCUT2D eigenvalue weighted by atomic mass is 10.0. The summed E-state index contributed by atoms with van der Waals surface area (Å²) in [6.45, 7) is 2.31. The summed E-state index contributed by atoms with van der Waals surface area (Å²) in [6.07, 6.45) is -5.33. The van der Waals surface area contributed by atoms with Gasteiger partial charge in [-0.05, 0) is 67.1 Å². The van der Waals surface area contributed by atoms with E-state index in [1.807, 2.05) is 35.8 Å². The van der Waals surface area contributed by atoms with E-state index in [1.165, 1.54) is 12.1 Å². The van der Waals surface area contributed by atoms with E-state index in [1.54, 1.807) is 12.1 Å². The van der Waals surface area contributed by atoms with Gasteiger partial charge >= 0.3 is 6.36 Å². The SMILES string of the molecule is CCCN=S(=O)(NC1COCC(n2c3ccc(Cl)cc3c3cc(Cl)ccc32)C1O)c1ccc(OC(F)(F)F)cc1. The molecule has 5 rings (SSSR count). The van der Waals surface area contributed by atoms with Crippen LogP contribution in [0.15, 0.2) is 69.9 Å². The lowest BCUT2D eigenvalue weighted by Crippen LogP contribution is -2.53. The van der Waals surface area contributed by atoms with Crippen LogP contribution in [0.1, 0.15) is 19.4 Å². The molecular weight excluding hydrogens is 590 g/mol. The minimum Gasteiger partial charge on any atom is -0.406 e. The van der Waals surface area contributed by atoms with Gasteiger partial charge in [0.05, 0.1) is 36.3 Å². The van der Waals surface area contributed by atoms with Gasteiger partial charge in [0.25, 0.3) is 0 Å². The standard InChI is InChI=1S/C27H26Cl2F3N3O4S/c1-2-11-33-40(37,19-7-5-18(6-8-19)39-27(30,31)32)34-22-14-38-15-25(26(22)36)35-23-9-3-16(28)12-20(23)21-13-17(29)4-10-24(21)35/h3-10,12-13,22,25-26,36H,2,11,14-15H2,1H3,(H,33,34,37). The van der Waals surface area contributed by atoms with E-state index >= 15 is 0 Å². The Morgan fingerprint density at radius 1 is 1.05 bits per heavy atom. The van der Waals surface area contributed by atoms with Gasteiger partial charge in [-0.25, -0.2) is 13.3 Å². The van der Waals surface area contributed by atoms with Crippen molar-refractivity contribution in [2.45, 2.75) is 42.8 Å². The molecule has 0 bridgehead atoms. The second kappa shape index (κ2) is 11.4. The van der Waals surface area contributed by atoms with Crippen LogP contribution in [-0.2, 0) is 14.7 Å². The Kier molecular flexibility index (Phi) is 8.24. The molecule has 2 N–H and O–H groups in total. The first-order valence-corrected chi connectivity index (χ1v) is 14.8. The minimum absolute atomic E-state index is 0.0420. The van der Waals surface area contributed by atoms with Gasteiger partial charge in [-0.3, -0.25) is 0 Å². The Bertz CT molecular complexity index is 1590. The fraction of sp³-hybridized carbons (Fsp3) is 0.333. The van der Waals surface area contributed by atoms with Crippen molar-refractivity contribution < 1.29 is 32.0 Å². The first kappa shape index (κ1) is 29.0. The molecule has 0 radical (unpaired) electrons. The zero-order chi connectivity index (χ0) is 28.7. The molecule has 0 aliphatic carbocycles. The molecule has 1 saturated heterocycles. The molecule has 4 atom stereocenters. The predicted octanol–water partition coefficient (Wildman–Crippen LogP) is 6.74. The molecule has 1 aliphatic rings. The van der Waals surface area contributed by atoms with Crippen LogP contribution in [0, 0.1) is 0 Å². The first-order chi connectivity index (χ1) is 19.0. The highest BCUT2D eigenvalue weighted by Crippen LogP contribution is 2.37. The van der Waals surface area contributed by atoms with Crippen molar-refractivity contribution in [2.24, 2.45) is 4.36 Å². The number of aliphatic hydroxyl groups excluding tert-OH is 1. The molecule has 3 aromatic carbocycles. The summed E-state index contributed by atoms with van der Waals surface area (Å²) in [7, 11) is -3.36. The van der Waals surface area contributed by atoms with E-state index in [4.69, 9.17) is 27.9 Å². The van der Waals surface area contributed by atoms with Crippen LogP contribution in [0.3, 0.4) is 0 Å². The number of hydrogen-bond donors (Lipinski definition) is 2. The molecule has 0 saturated carbocycles. The third-order valence-corrected chi connectivity index (χ3v) is 9.18. The van der Waals surface area contributed by atoms with Gasteiger partial charge in [0.2, 0.25) is 0 Å². The van der Waals surface area contributed by atoms with Crippen LogP contribution in [0.2, 0.25) is 10.0 Å². The number of benzene rings is 3. The first-order valence-electron chi connectivity index (χ1n) is 12.5. The van der Waals surface area contributed by atoms with E-state index < -0.39 is 40.2 Å². The van der Waals surface area contributed by atoms with E-state index in [0.29, 0.717) is 16.5 Å². The maximum Gasteiger partial charge on any atom is 0.573 e. The number of fused-ring (bicyclic) bond motifs is 3. The van der Waals surface area contributed by atoms with Gasteiger partial charge in [0, 0.05) is 38.4 Å². The normalized spacial score (nSPS) is 21.4. The Labute approximate surface area is 239 Å². The maximum atomic E-state index is 14.1. The van der Waals surface area contributed by atoms with Gasteiger partial charge in [0.15, 0.2) is 0 Å². The van der Waals surface area contributed by atoms with E-state index in [-0.39, 0.29) is 24.7 Å². The molecule has 214 valence electrons. The largest absolute Gasteiger partial charge is 0.573 e. The van der Waals surface area contributed by atoms with Gasteiger partial charge in [-0.2, -0.15) is 0 Å². The molecule has 1 fully saturated rings. The quantitative estimate of drug-likeness (QED) is 0.241. The number of rotatable bonds is 7. The average Bonchev–Trinajstić information content (AvgIpc) is 3.20. The molecule has 4 aromatic rings. The van der Waals surface area contributed by atoms with Crippen LogP contribution in [0.25, 0.3) is 21.8 Å². The maximum absolute atomic E-state index is 14.1. The van der Waals surface area contributed by atoms with Crippen LogP contribution in [-0.4, -0.2) is 52.1 Å². The topological polar surface area (TPSA) is 85.1 Å². The van der Waals surface area contributed by atoms with Gasteiger partial charge in [0.1, 0.15) is 15.7 Å². The van der Waals surface area contributed by atoms with Crippen LogP contribution in [0.5, 0.6) is 5.75 Å². The smallest absolute Gasteiger partial charge is 0.406 e. The number of hydrogen-bond acceptors (Lipinski definition) is 5. The second-order valence-corrected chi connectivity index (χ2v) is 12.3. The molecule has 1 aromatic heterocycles. The van der Waals surface area contributed by atoms with Crippen LogP contribution < -0.4 is 9.46 Å². The summed E-state index contributed by atoms with van der Waals surface area (Å²) in [4.78, 5) is 0.158. The molecule has 0 amide bonds. The van der Waals surface area contributed by atoms with Crippen molar-refractivity contribution in [3.63, 3.8) is 0 Å². The number of aliphatic hydroxyl groups is 1. The van der Waals surface area contributed by atoms with Crippen molar-refractivity contribution in [2.75, 3.05) is 19.8 Å². The number of nitrogens with one attached hydrogen (secondary N) is 1. The van der Waals surface area contributed by atoms with Gasteiger partial charge in [-0.1, -0.05) is 30.1 Å². The van der Waals surface area contributed by atoms with E-state index in [2.05, 4.69) is 13.8 Å². The Balaban J connectivity index is 1.50. The number of alkyl halides is 3. The van der Waals surface area contributed by atoms with Crippen LogP contribution in [0.4, 0.5) is 13.2 Å². The minimum atomic E-state index is -4.85. The second-order valence-electron chi connectivity index (χ2n) is 9.41. The van der Waals surface area contributed by atoms with Crippen molar-refractivity contribution in [1.82, 2.24) is 9.29 Å². The summed E-state index contributed by atoms with van der Waals surface area (Å²) < 4.78 is 71.0. The molecule has 0 spiro atoms. The lowest BCUT2D eigenvalue weighted by molar-refractivity contribution is -0.274. The highest BCUT2D eigenvalue weighted by molar-refractivity contribution is 7.91. The number of halogens is 5. The van der Waals surface area contributed by atoms with Crippen molar-refractivity contribution in [3.8, 4) is 5.75 Å². The Morgan fingerprint density at radius 3 is 2.20 bits per heavy atom. The monoisotopic (exact) mass is 615 g/mol. The summed E-state index contributed by atoms with van der Waals surface area (Å²) in [5, 5.41) is 14.4. The third kappa shape index (κ3) is 5.90. The van der Waals surface area contributed by atoms with Crippen LogP contribution >= 0.6 is 23.2 Å². The Hall–Kier alpha value is -2.54. The average molecular weight is 616 g/mol. The fourth-order valence-electron chi connectivity index (χ4n) is 4.90. The third-order valence-electron chi connectivity index (χ3n) is 6.64.